The molecule has 0 spiro atoms. The highest BCUT2D eigenvalue weighted by Crippen LogP contribution is 2.17. The first-order chi connectivity index (χ1) is 9.08. The molecule has 6 heteroatoms. The van der Waals surface area contributed by atoms with Gasteiger partial charge in [0.2, 0.25) is 5.95 Å². The van der Waals surface area contributed by atoms with E-state index in [-0.39, 0.29) is 5.95 Å². The monoisotopic (exact) mass is 258 g/mol. The molecule has 6 nitrogen and oxygen atoms in total. The van der Waals surface area contributed by atoms with E-state index >= 15 is 0 Å². The number of hydrogen-bond donors (Lipinski definition) is 2. The van der Waals surface area contributed by atoms with Crippen molar-refractivity contribution in [2.24, 2.45) is 0 Å². The van der Waals surface area contributed by atoms with Gasteiger partial charge in [0.25, 0.3) is 0 Å². The predicted octanol–water partition coefficient (Wildman–Crippen LogP) is 1.37. The fourth-order valence-electron chi connectivity index (χ4n) is 1.87. The van der Waals surface area contributed by atoms with Crippen molar-refractivity contribution in [2.45, 2.75) is 20.4 Å². The second-order valence-electron chi connectivity index (χ2n) is 4.29. The highest BCUT2D eigenvalue weighted by Gasteiger charge is 2.10. The van der Waals surface area contributed by atoms with E-state index in [1.54, 1.807) is 6.07 Å². The van der Waals surface area contributed by atoms with Crippen LogP contribution >= 0.6 is 0 Å². The number of hydrogen-bond acceptors (Lipinski definition) is 6. The van der Waals surface area contributed by atoms with E-state index in [0.717, 1.165) is 23.8 Å². The minimum Gasteiger partial charge on any atom is -0.383 e. The summed E-state index contributed by atoms with van der Waals surface area (Å²) < 4.78 is 0. The van der Waals surface area contributed by atoms with E-state index in [9.17, 15) is 0 Å². The minimum atomic E-state index is 0.186. The molecule has 4 N–H and O–H groups in total. The molecule has 0 fully saturated rings. The first kappa shape index (κ1) is 13.1. The van der Waals surface area contributed by atoms with Crippen LogP contribution < -0.4 is 16.4 Å². The largest absolute Gasteiger partial charge is 0.383 e. The summed E-state index contributed by atoms with van der Waals surface area (Å²) in [7, 11) is 0. The van der Waals surface area contributed by atoms with E-state index in [0.29, 0.717) is 12.4 Å². The van der Waals surface area contributed by atoms with E-state index in [2.05, 4.69) is 19.9 Å². The number of aryl methyl sites for hydroxylation is 1. The molecule has 2 heterocycles. The Kier molecular flexibility index (Phi) is 3.79. The van der Waals surface area contributed by atoms with Crippen molar-refractivity contribution in [1.82, 2.24) is 15.0 Å². The van der Waals surface area contributed by atoms with Crippen molar-refractivity contribution in [3.05, 3.63) is 35.7 Å². The topological polar surface area (TPSA) is 94.0 Å². The lowest BCUT2D eigenvalue weighted by molar-refractivity contribution is 0.789. The fraction of sp³-hybridized carbons (Fsp3) is 0.308. The Morgan fingerprint density at radius 1 is 1.16 bits per heavy atom. The summed E-state index contributed by atoms with van der Waals surface area (Å²) in [5.74, 6) is 1.28. The first-order valence-electron chi connectivity index (χ1n) is 6.16. The second-order valence-corrected chi connectivity index (χ2v) is 4.29. The minimum absolute atomic E-state index is 0.186. The summed E-state index contributed by atoms with van der Waals surface area (Å²) in [6.07, 6.45) is 0. The molecule has 0 amide bonds. The van der Waals surface area contributed by atoms with Gasteiger partial charge in [0.1, 0.15) is 11.6 Å². The molecule has 0 saturated heterocycles. The summed E-state index contributed by atoms with van der Waals surface area (Å²) >= 11 is 0. The van der Waals surface area contributed by atoms with Crippen molar-refractivity contribution < 1.29 is 0 Å². The number of nitrogens with two attached hydrogens (primary N) is 2. The maximum absolute atomic E-state index is 5.70. The number of nitrogens with zero attached hydrogens (tertiary/aromatic N) is 4. The summed E-state index contributed by atoms with van der Waals surface area (Å²) in [6.45, 7) is 5.46. The van der Waals surface area contributed by atoms with Crippen LogP contribution in [0.2, 0.25) is 0 Å². The molecule has 0 atom stereocenters. The summed E-state index contributed by atoms with van der Waals surface area (Å²) in [4.78, 5) is 14.6. The lowest BCUT2D eigenvalue weighted by Gasteiger charge is -2.22. The molecule has 0 unspecified atom stereocenters. The van der Waals surface area contributed by atoms with Crippen LogP contribution in [-0.2, 0) is 6.54 Å². The molecule has 0 bridgehead atoms. The number of rotatable bonds is 4. The van der Waals surface area contributed by atoms with Crippen LogP contribution in [0.3, 0.4) is 0 Å². The molecule has 0 saturated carbocycles. The molecule has 19 heavy (non-hydrogen) atoms. The number of anilines is 3. The van der Waals surface area contributed by atoms with Gasteiger partial charge < -0.3 is 16.4 Å². The summed E-state index contributed by atoms with van der Waals surface area (Å²) in [6, 6.07) is 7.67. The zero-order valence-electron chi connectivity index (χ0n) is 11.2. The molecule has 0 aliphatic carbocycles. The normalized spacial score (nSPS) is 10.4. The van der Waals surface area contributed by atoms with Crippen molar-refractivity contribution in [3.8, 4) is 0 Å². The van der Waals surface area contributed by atoms with Crippen LogP contribution in [0.1, 0.15) is 18.3 Å². The smallest absolute Gasteiger partial charge is 0.223 e. The summed E-state index contributed by atoms with van der Waals surface area (Å²) in [5, 5.41) is 0. The predicted molar refractivity (Wildman–Crippen MR) is 76.6 cm³/mol. The van der Waals surface area contributed by atoms with Crippen LogP contribution in [0, 0.1) is 6.92 Å². The van der Waals surface area contributed by atoms with Gasteiger partial charge >= 0.3 is 0 Å². The summed E-state index contributed by atoms with van der Waals surface area (Å²) in [5.41, 5.74) is 13.3. The zero-order chi connectivity index (χ0) is 13.8. The maximum Gasteiger partial charge on any atom is 0.223 e. The zero-order valence-corrected chi connectivity index (χ0v) is 11.2. The third-order valence-corrected chi connectivity index (χ3v) is 2.75. The van der Waals surface area contributed by atoms with Crippen molar-refractivity contribution >= 4 is 17.6 Å². The number of aromatic nitrogens is 3. The Morgan fingerprint density at radius 3 is 2.58 bits per heavy atom. The van der Waals surface area contributed by atoms with Gasteiger partial charge in [-0.05, 0) is 26.0 Å². The third-order valence-electron chi connectivity index (χ3n) is 2.75. The Morgan fingerprint density at radius 2 is 1.95 bits per heavy atom. The van der Waals surface area contributed by atoms with Gasteiger partial charge in [-0.2, -0.15) is 9.97 Å². The van der Waals surface area contributed by atoms with Crippen LogP contribution in [0.4, 0.5) is 17.6 Å². The van der Waals surface area contributed by atoms with Gasteiger partial charge in [-0.1, -0.05) is 6.07 Å². The van der Waals surface area contributed by atoms with Gasteiger partial charge in [-0.15, -0.1) is 0 Å². The molecule has 0 radical (unpaired) electrons. The van der Waals surface area contributed by atoms with Gasteiger partial charge in [0.15, 0.2) is 0 Å². The van der Waals surface area contributed by atoms with Gasteiger partial charge in [-0.3, -0.25) is 4.98 Å². The van der Waals surface area contributed by atoms with Crippen LogP contribution in [0.25, 0.3) is 0 Å². The second kappa shape index (κ2) is 5.51. The van der Waals surface area contributed by atoms with Crippen LogP contribution in [-0.4, -0.2) is 21.5 Å². The average Bonchev–Trinajstić information content (AvgIpc) is 2.34. The molecule has 2 aromatic rings. The van der Waals surface area contributed by atoms with E-state index < -0.39 is 0 Å². The van der Waals surface area contributed by atoms with E-state index in [1.165, 1.54) is 0 Å². The molecule has 2 aromatic heterocycles. The van der Waals surface area contributed by atoms with Crippen molar-refractivity contribution in [2.75, 3.05) is 22.9 Å². The Labute approximate surface area is 112 Å². The lowest BCUT2D eigenvalue weighted by atomic mass is 10.3. The van der Waals surface area contributed by atoms with Crippen LogP contribution in [0.5, 0.6) is 0 Å². The third kappa shape index (κ3) is 3.31. The quantitative estimate of drug-likeness (QED) is 0.860. The Balaban J connectivity index is 2.24. The molecule has 0 aliphatic heterocycles. The lowest BCUT2D eigenvalue weighted by Crippen LogP contribution is -2.24. The van der Waals surface area contributed by atoms with Crippen molar-refractivity contribution in [1.29, 1.82) is 0 Å². The SMILES string of the molecule is CCN(Cc1cccc(C)n1)c1cc(N)nc(N)n1. The highest BCUT2D eigenvalue weighted by molar-refractivity contribution is 5.50. The average molecular weight is 258 g/mol. The highest BCUT2D eigenvalue weighted by atomic mass is 15.2. The van der Waals surface area contributed by atoms with Crippen LogP contribution in [0.15, 0.2) is 24.3 Å². The first-order valence-corrected chi connectivity index (χ1v) is 6.16. The molecular weight excluding hydrogens is 240 g/mol. The fourth-order valence-corrected chi connectivity index (χ4v) is 1.87. The number of pyridine rings is 1. The molecule has 0 aromatic carbocycles. The molecule has 2 rings (SSSR count). The Hall–Kier alpha value is -2.37. The molecular formula is C13H18N6. The van der Waals surface area contributed by atoms with E-state index in [4.69, 9.17) is 11.5 Å². The number of nitrogen functional groups attached to an aromatic ring is 2. The van der Waals surface area contributed by atoms with Gasteiger partial charge in [0, 0.05) is 18.3 Å². The van der Waals surface area contributed by atoms with Crippen molar-refractivity contribution in [3.63, 3.8) is 0 Å². The molecule has 0 aliphatic rings. The standard InChI is InChI=1S/C13H18N6/c1-3-19(8-10-6-4-5-9(2)16-10)12-7-11(14)17-13(15)18-12/h4-7H,3,8H2,1-2H3,(H4,14,15,17,18). The van der Waals surface area contributed by atoms with Gasteiger partial charge in [0.05, 0.1) is 12.2 Å². The van der Waals surface area contributed by atoms with Gasteiger partial charge in [-0.25, -0.2) is 0 Å². The molecule has 100 valence electrons. The maximum atomic E-state index is 5.70. The Bertz CT molecular complexity index is 549. The van der Waals surface area contributed by atoms with E-state index in [1.807, 2.05) is 32.0 Å².